The van der Waals surface area contributed by atoms with Crippen molar-refractivity contribution in [3.05, 3.63) is 69.1 Å². The number of hydrogen-bond acceptors (Lipinski definition) is 2. The van der Waals surface area contributed by atoms with Gasteiger partial charge in [0.25, 0.3) is 11.5 Å². The molecule has 0 bridgehead atoms. The highest BCUT2D eigenvalue weighted by molar-refractivity contribution is 9.10. The van der Waals surface area contributed by atoms with Crippen molar-refractivity contribution in [3.8, 4) is 0 Å². The summed E-state index contributed by atoms with van der Waals surface area (Å²) in [6.07, 6.45) is 0. The highest BCUT2D eigenvalue weighted by Crippen LogP contribution is 2.30. The van der Waals surface area contributed by atoms with E-state index >= 15 is 0 Å². The van der Waals surface area contributed by atoms with Gasteiger partial charge in [0.2, 0.25) is 5.69 Å². The summed E-state index contributed by atoms with van der Waals surface area (Å²) < 4.78 is 14.5. The molecule has 0 radical (unpaired) electrons. The van der Waals surface area contributed by atoms with Gasteiger partial charge in [-0.25, -0.2) is 4.39 Å². The molecule has 0 unspecified atom stereocenters. The van der Waals surface area contributed by atoms with E-state index in [4.69, 9.17) is 0 Å². The summed E-state index contributed by atoms with van der Waals surface area (Å²) in [6.45, 7) is 0. The van der Waals surface area contributed by atoms with Crippen LogP contribution in [0.5, 0.6) is 0 Å². The first-order valence-electron chi connectivity index (χ1n) is 5.52. The van der Waals surface area contributed by atoms with E-state index in [1.165, 1.54) is 18.2 Å². The van der Waals surface area contributed by atoms with Gasteiger partial charge in [0, 0.05) is 10.5 Å². The molecule has 0 saturated heterocycles. The van der Waals surface area contributed by atoms with Crippen molar-refractivity contribution in [1.29, 1.82) is 0 Å². The Bertz CT molecular complexity index is 740. The second-order valence-corrected chi connectivity index (χ2v) is 5.06. The molecule has 2 aromatic carbocycles. The van der Waals surface area contributed by atoms with E-state index in [-0.39, 0.29) is 22.7 Å². The van der Waals surface area contributed by atoms with Crippen LogP contribution in [0.25, 0.3) is 0 Å². The van der Waals surface area contributed by atoms with Crippen LogP contribution < -0.4 is 0 Å². The zero-order chi connectivity index (χ0) is 13.6. The number of carbonyl (C=O) groups excluding carboxylic acids is 1. The molecule has 0 atom stereocenters. The van der Waals surface area contributed by atoms with Crippen molar-refractivity contribution < 1.29 is 13.9 Å². The highest BCUT2D eigenvalue weighted by atomic mass is 79.9. The molecule has 0 saturated carbocycles. The molecule has 0 aliphatic carbocycles. The highest BCUT2D eigenvalue weighted by Gasteiger charge is 2.36. The van der Waals surface area contributed by atoms with E-state index < -0.39 is 5.82 Å². The van der Waals surface area contributed by atoms with Crippen LogP contribution in [0.1, 0.15) is 15.9 Å². The summed E-state index contributed by atoms with van der Waals surface area (Å²) in [4.78, 5) is 12.2. The molecule has 2 aromatic rings. The van der Waals surface area contributed by atoms with E-state index in [0.29, 0.717) is 14.8 Å². The standard InChI is InChI=1S/C14H7BrFNO2/c15-9-4-5-11-12(7-9)17(19)13(14(11)18)8-2-1-3-10(16)6-8/h1-7H. The molecule has 3 nitrogen and oxygen atoms in total. The van der Waals surface area contributed by atoms with Gasteiger partial charge in [-0.15, -0.1) is 0 Å². The number of Topliss-reactive ketones (excluding diaryl/α,β-unsaturated/α-hetero) is 1. The second kappa shape index (κ2) is 4.28. The molecule has 0 fully saturated rings. The number of nitrogens with zero attached hydrogens (tertiary/aromatic N) is 1. The smallest absolute Gasteiger partial charge is 0.273 e. The maximum Gasteiger partial charge on any atom is 0.273 e. The Morgan fingerprint density at radius 1 is 1.16 bits per heavy atom. The fourth-order valence-electron chi connectivity index (χ4n) is 2.09. The maximum atomic E-state index is 13.2. The summed E-state index contributed by atoms with van der Waals surface area (Å²) in [5, 5.41) is 12.2. The van der Waals surface area contributed by atoms with Crippen LogP contribution in [-0.2, 0) is 0 Å². The normalized spacial score (nSPS) is 13.9. The van der Waals surface area contributed by atoms with Crippen LogP contribution in [0.2, 0.25) is 0 Å². The lowest BCUT2D eigenvalue weighted by Gasteiger charge is -2.02. The molecule has 5 heteroatoms. The quantitative estimate of drug-likeness (QED) is 0.597. The van der Waals surface area contributed by atoms with E-state index in [0.717, 1.165) is 0 Å². The number of hydrogen-bond donors (Lipinski definition) is 0. The number of ketones is 1. The Kier molecular flexibility index (Phi) is 2.71. The minimum atomic E-state index is -0.483. The maximum absolute atomic E-state index is 13.2. The molecule has 19 heavy (non-hydrogen) atoms. The summed E-state index contributed by atoms with van der Waals surface area (Å²) in [7, 11) is 0. The Balaban J connectivity index is 2.22. The van der Waals surface area contributed by atoms with Crippen LogP contribution in [0.3, 0.4) is 0 Å². The predicted molar refractivity (Wildman–Crippen MR) is 72.3 cm³/mol. The average molecular weight is 320 g/mol. The summed E-state index contributed by atoms with van der Waals surface area (Å²) >= 11 is 3.25. The minimum absolute atomic E-state index is 0.0485. The number of halogens is 2. The van der Waals surface area contributed by atoms with E-state index in [9.17, 15) is 14.4 Å². The molecule has 0 aromatic heterocycles. The van der Waals surface area contributed by atoms with Crippen LogP contribution in [0, 0.1) is 11.0 Å². The molecular formula is C14H7BrFNO2. The van der Waals surface area contributed by atoms with Gasteiger partial charge in [-0.05, 0) is 30.3 Å². The summed E-state index contributed by atoms with van der Waals surface area (Å²) in [6, 6.07) is 10.3. The number of carbonyl (C=O) groups is 1. The fourth-order valence-corrected chi connectivity index (χ4v) is 2.44. The van der Waals surface area contributed by atoms with Gasteiger partial charge < -0.3 is 5.21 Å². The SMILES string of the molecule is O=C1C(c2cccc(F)c2)=[N+]([O-])c2cc(Br)ccc21. The van der Waals surface area contributed by atoms with E-state index in [1.807, 2.05) is 0 Å². The minimum Gasteiger partial charge on any atom is -0.618 e. The molecular weight excluding hydrogens is 313 g/mol. The van der Waals surface area contributed by atoms with Gasteiger partial charge in [-0.1, -0.05) is 22.0 Å². The van der Waals surface area contributed by atoms with Crippen molar-refractivity contribution in [1.82, 2.24) is 0 Å². The number of rotatable bonds is 1. The average Bonchev–Trinajstić information content (AvgIpc) is 2.61. The largest absolute Gasteiger partial charge is 0.618 e. The molecule has 1 heterocycles. The van der Waals surface area contributed by atoms with Crippen LogP contribution >= 0.6 is 15.9 Å². The van der Waals surface area contributed by atoms with E-state index in [2.05, 4.69) is 15.9 Å². The van der Waals surface area contributed by atoms with Crippen molar-refractivity contribution in [2.24, 2.45) is 0 Å². The number of fused-ring (bicyclic) bond motifs is 1. The molecule has 1 aliphatic heterocycles. The van der Waals surface area contributed by atoms with Crippen molar-refractivity contribution in [2.75, 3.05) is 0 Å². The molecule has 0 amide bonds. The van der Waals surface area contributed by atoms with Gasteiger partial charge in [-0.2, -0.15) is 4.74 Å². The second-order valence-electron chi connectivity index (χ2n) is 4.14. The van der Waals surface area contributed by atoms with Crippen LogP contribution in [0.15, 0.2) is 46.9 Å². The van der Waals surface area contributed by atoms with Gasteiger partial charge in [0.15, 0.2) is 0 Å². The third kappa shape index (κ3) is 1.86. The molecule has 0 N–H and O–H groups in total. The van der Waals surface area contributed by atoms with Crippen molar-refractivity contribution >= 4 is 33.1 Å². The Hall–Kier alpha value is -2.01. The zero-order valence-electron chi connectivity index (χ0n) is 9.56. The zero-order valence-corrected chi connectivity index (χ0v) is 11.1. The topological polar surface area (TPSA) is 43.1 Å². The summed E-state index contributed by atoms with van der Waals surface area (Å²) in [5.41, 5.74) is 0.844. The van der Waals surface area contributed by atoms with Gasteiger partial charge in [0.05, 0.1) is 5.56 Å². The lowest BCUT2D eigenvalue weighted by atomic mass is 10.0. The monoisotopic (exact) mass is 319 g/mol. The number of benzene rings is 2. The van der Waals surface area contributed by atoms with Gasteiger partial charge in [0.1, 0.15) is 11.4 Å². The Morgan fingerprint density at radius 2 is 1.95 bits per heavy atom. The lowest BCUT2D eigenvalue weighted by Crippen LogP contribution is -2.16. The molecule has 1 aliphatic rings. The summed E-state index contributed by atoms with van der Waals surface area (Å²) in [5.74, 6) is -0.869. The fraction of sp³-hybridized carbons (Fsp3) is 0. The third-order valence-corrected chi connectivity index (χ3v) is 3.43. The van der Waals surface area contributed by atoms with Crippen molar-refractivity contribution in [2.45, 2.75) is 0 Å². The van der Waals surface area contributed by atoms with E-state index in [1.54, 1.807) is 24.3 Å². The lowest BCUT2D eigenvalue weighted by molar-refractivity contribution is -0.355. The Morgan fingerprint density at radius 3 is 2.68 bits per heavy atom. The van der Waals surface area contributed by atoms with Gasteiger partial charge >= 0.3 is 0 Å². The first-order valence-corrected chi connectivity index (χ1v) is 6.31. The first-order chi connectivity index (χ1) is 9.08. The van der Waals surface area contributed by atoms with Crippen molar-refractivity contribution in [3.63, 3.8) is 0 Å². The van der Waals surface area contributed by atoms with Gasteiger partial charge in [-0.3, -0.25) is 4.79 Å². The third-order valence-electron chi connectivity index (χ3n) is 2.94. The molecule has 0 spiro atoms. The molecule has 3 rings (SSSR count). The first kappa shape index (κ1) is 12.0. The Labute approximate surface area is 116 Å². The predicted octanol–water partition coefficient (Wildman–Crippen LogP) is 3.42. The molecule has 94 valence electrons. The van der Waals surface area contributed by atoms with Crippen LogP contribution in [0.4, 0.5) is 10.1 Å². The van der Waals surface area contributed by atoms with Crippen LogP contribution in [-0.4, -0.2) is 16.2 Å².